The van der Waals surface area contributed by atoms with E-state index in [2.05, 4.69) is 47.6 Å². The Hall–Kier alpha value is -2.55. The molecule has 3 nitrogen and oxygen atoms in total. The first-order valence-corrected chi connectivity index (χ1v) is 6.67. The van der Waals surface area contributed by atoms with Crippen LogP contribution >= 0.6 is 0 Å². The quantitative estimate of drug-likeness (QED) is 0.708. The Morgan fingerprint density at radius 1 is 1.05 bits per heavy atom. The van der Waals surface area contributed by atoms with Gasteiger partial charge < -0.3 is 11.1 Å². The summed E-state index contributed by atoms with van der Waals surface area (Å²) >= 11 is 0. The predicted molar refractivity (Wildman–Crippen MR) is 84.7 cm³/mol. The molecule has 3 aromatic rings. The fourth-order valence-electron chi connectivity index (χ4n) is 2.43. The molecule has 0 aliphatic carbocycles. The number of nitrogens with one attached hydrogen (secondary N) is 1. The average Bonchev–Trinajstić information content (AvgIpc) is 2.47. The average molecular weight is 263 g/mol. The zero-order valence-electron chi connectivity index (χ0n) is 11.4. The summed E-state index contributed by atoms with van der Waals surface area (Å²) in [6.45, 7) is 2.77. The lowest BCUT2D eigenvalue weighted by Gasteiger charge is -2.13. The van der Waals surface area contributed by atoms with Gasteiger partial charge in [-0.2, -0.15) is 0 Å². The lowest BCUT2D eigenvalue weighted by Crippen LogP contribution is -2.05. The van der Waals surface area contributed by atoms with Crippen molar-refractivity contribution in [3.63, 3.8) is 0 Å². The number of fused-ring (bicyclic) bond motifs is 1. The molecule has 3 heteroatoms. The third-order valence-corrected chi connectivity index (χ3v) is 3.48. The Morgan fingerprint density at radius 3 is 2.70 bits per heavy atom. The molecule has 0 aliphatic heterocycles. The van der Waals surface area contributed by atoms with Crippen molar-refractivity contribution < 1.29 is 0 Å². The number of nitrogens with zero attached hydrogens (tertiary/aromatic N) is 1. The van der Waals surface area contributed by atoms with Gasteiger partial charge in [0.25, 0.3) is 0 Å². The number of nitrogen functional groups attached to an aromatic ring is 1. The highest BCUT2D eigenvalue weighted by molar-refractivity contribution is 5.82. The highest BCUT2D eigenvalue weighted by Crippen LogP contribution is 2.24. The molecular weight excluding hydrogens is 246 g/mol. The number of anilines is 2. The van der Waals surface area contributed by atoms with Crippen molar-refractivity contribution in [1.29, 1.82) is 0 Å². The number of aromatic nitrogens is 1. The third-order valence-electron chi connectivity index (χ3n) is 3.48. The van der Waals surface area contributed by atoms with E-state index in [9.17, 15) is 0 Å². The first-order valence-electron chi connectivity index (χ1n) is 6.67. The van der Waals surface area contributed by atoms with Gasteiger partial charge in [-0.05, 0) is 30.2 Å². The SMILES string of the molecule is Cc1cccc(N)c1NCc1cccc2cccnc12. The molecule has 3 N–H and O–H groups in total. The van der Waals surface area contributed by atoms with Crippen molar-refractivity contribution in [3.8, 4) is 0 Å². The number of rotatable bonds is 3. The number of benzene rings is 2. The van der Waals surface area contributed by atoms with Gasteiger partial charge in [0.05, 0.1) is 16.9 Å². The lowest BCUT2D eigenvalue weighted by atomic mass is 10.1. The van der Waals surface area contributed by atoms with E-state index in [4.69, 9.17) is 5.73 Å². The normalized spacial score (nSPS) is 10.7. The first-order chi connectivity index (χ1) is 9.75. The Morgan fingerprint density at radius 2 is 1.85 bits per heavy atom. The van der Waals surface area contributed by atoms with E-state index < -0.39 is 0 Å². The van der Waals surface area contributed by atoms with Crippen LogP contribution in [0.3, 0.4) is 0 Å². The molecule has 0 saturated carbocycles. The molecule has 2 aromatic carbocycles. The Balaban J connectivity index is 1.91. The van der Waals surface area contributed by atoms with Crippen LogP contribution in [0.25, 0.3) is 10.9 Å². The van der Waals surface area contributed by atoms with Gasteiger partial charge in [-0.1, -0.05) is 36.4 Å². The largest absolute Gasteiger partial charge is 0.397 e. The highest BCUT2D eigenvalue weighted by Gasteiger charge is 2.05. The molecule has 0 saturated heterocycles. The molecule has 3 rings (SSSR count). The number of pyridine rings is 1. The van der Waals surface area contributed by atoms with Crippen molar-refractivity contribution in [3.05, 3.63) is 65.9 Å². The molecule has 20 heavy (non-hydrogen) atoms. The van der Waals surface area contributed by atoms with Gasteiger partial charge in [-0.25, -0.2) is 0 Å². The van der Waals surface area contributed by atoms with Crippen molar-refractivity contribution in [2.24, 2.45) is 0 Å². The first kappa shape index (κ1) is 12.5. The zero-order valence-corrected chi connectivity index (χ0v) is 11.4. The van der Waals surface area contributed by atoms with Crippen LogP contribution in [-0.2, 0) is 6.54 Å². The van der Waals surface area contributed by atoms with Crippen molar-refractivity contribution in [2.75, 3.05) is 11.1 Å². The van der Waals surface area contributed by atoms with E-state index in [1.807, 2.05) is 24.4 Å². The number of nitrogens with two attached hydrogens (primary N) is 1. The summed E-state index contributed by atoms with van der Waals surface area (Å²) in [5, 5.41) is 4.58. The topological polar surface area (TPSA) is 50.9 Å². The van der Waals surface area contributed by atoms with Crippen molar-refractivity contribution >= 4 is 22.3 Å². The molecule has 1 heterocycles. The molecule has 0 atom stereocenters. The second kappa shape index (κ2) is 5.21. The van der Waals surface area contributed by atoms with Gasteiger partial charge in [-0.15, -0.1) is 0 Å². The number of para-hydroxylation sites is 2. The molecule has 100 valence electrons. The van der Waals surface area contributed by atoms with E-state index in [-0.39, 0.29) is 0 Å². The van der Waals surface area contributed by atoms with Crippen LogP contribution in [-0.4, -0.2) is 4.98 Å². The molecule has 0 fully saturated rings. The summed E-state index contributed by atoms with van der Waals surface area (Å²) in [5.41, 5.74) is 11.2. The molecule has 0 spiro atoms. The van der Waals surface area contributed by atoms with Gasteiger partial charge in [0.2, 0.25) is 0 Å². The Kier molecular flexibility index (Phi) is 3.25. The Bertz CT molecular complexity index is 725. The molecular formula is C17H17N3. The van der Waals surface area contributed by atoms with Crippen LogP contribution in [0, 0.1) is 6.92 Å². The maximum Gasteiger partial charge on any atom is 0.0751 e. The minimum absolute atomic E-state index is 0.712. The van der Waals surface area contributed by atoms with Crippen LogP contribution in [0.5, 0.6) is 0 Å². The summed E-state index contributed by atoms with van der Waals surface area (Å²) in [6.07, 6.45) is 1.83. The van der Waals surface area contributed by atoms with Crippen LogP contribution < -0.4 is 11.1 Å². The van der Waals surface area contributed by atoms with Crippen LogP contribution in [0.15, 0.2) is 54.7 Å². The fourth-order valence-corrected chi connectivity index (χ4v) is 2.43. The molecule has 0 aliphatic rings. The number of hydrogen-bond donors (Lipinski definition) is 2. The van der Waals surface area contributed by atoms with E-state index in [1.165, 1.54) is 5.56 Å². The number of aryl methyl sites for hydroxylation is 1. The second-order valence-corrected chi connectivity index (χ2v) is 4.88. The van der Waals surface area contributed by atoms with Gasteiger partial charge in [-0.3, -0.25) is 4.98 Å². The monoisotopic (exact) mass is 263 g/mol. The van der Waals surface area contributed by atoms with E-state index in [0.717, 1.165) is 27.8 Å². The van der Waals surface area contributed by atoms with Crippen LogP contribution in [0.4, 0.5) is 11.4 Å². The Labute approximate surface area is 118 Å². The van der Waals surface area contributed by atoms with Gasteiger partial charge >= 0.3 is 0 Å². The second-order valence-electron chi connectivity index (χ2n) is 4.88. The van der Waals surface area contributed by atoms with Crippen molar-refractivity contribution in [2.45, 2.75) is 13.5 Å². The fraction of sp³-hybridized carbons (Fsp3) is 0.118. The minimum Gasteiger partial charge on any atom is -0.397 e. The summed E-state index contributed by atoms with van der Waals surface area (Å²) in [6, 6.07) is 16.2. The lowest BCUT2D eigenvalue weighted by molar-refractivity contribution is 1.14. The molecule has 0 unspecified atom stereocenters. The van der Waals surface area contributed by atoms with E-state index in [0.29, 0.717) is 6.54 Å². The molecule has 1 aromatic heterocycles. The summed E-state index contributed by atoms with van der Waals surface area (Å²) < 4.78 is 0. The van der Waals surface area contributed by atoms with Crippen LogP contribution in [0.2, 0.25) is 0 Å². The third kappa shape index (κ3) is 2.30. The molecule has 0 bridgehead atoms. The van der Waals surface area contributed by atoms with Gasteiger partial charge in [0.15, 0.2) is 0 Å². The molecule has 0 radical (unpaired) electrons. The van der Waals surface area contributed by atoms with E-state index >= 15 is 0 Å². The van der Waals surface area contributed by atoms with Crippen molar-refractivity contribution in [1.82, 2.24) is 4.98 Å². The van der Waals surface area contributed by atoms with Gasteiger partial charge in [0, 0.05) is 18.1 Å². The number of hydrogen-bond acceptors (Lipinski definition) is 3. The minimum atomic E-state index is 0.712. The standard InChI is InChI=1S/C17H17N3/c1-12-5-2-9-15(18)16(12)20-11-14-7-3-6-13-8-4-10-19-17(13)14/h2-10,20H,11,18H2,1H3. The summed E-state index contributed by atoms with van der Waals surface area (Å²) in [7, 11) is 0. The summed E-state index contributed by atoms with van der Waals surface area (Å²) in [4.78, 5) is 4.47. The van der Waals surface area contributed by atoms with Crippen LogP contribution in [0.1, 0.15) is 11.1 Å². The zero-order chi connectivity index (χ0) is 13.9. The smallest absolute Gasteiger partial charge is 0.0751 e. The van der Waals surface area contributed by atoms with E-state index in [1.54, 1.807) is 0 Å². The van der Waals surface area contributed by atoms with Gasteiger partial charge in [0.1, 0.15) is 0 Å². The maximum absolute atomic E-state index is 6.02. The predicted octanol–water partition coefficient (Wildman–Crippen LogP) is 3.74. The maximum atomic E-state index is 6.02. The highest BCUT2D eigenvalue weighted by atomic mass is 14.9. The molecule has 0 amide bonds. The summed E-state index contributed by atoms with van der Waals surface area (Å²) in [5.74, 6) is 0.